The Morgan fingerprint density at radius 1 is 1.33 bits per heavy atom. The van der Waals surface area contributed by atoms with E-state index in [4.69, 9.17) is 4.74 Å². The second-order valence-electron chi connectivity index (χ2n) is 6.44. The zero-order valence-electron chi connectivity index (χ0n) is 12.7. The van der Waals surface area contributed by atoms with Gasteiger partial charge in [-0.15, -0.1) is 0 Å². The average Bonchev–Trinajstić information content (AvgIpc) is 2.39. The molecule has 2 aliphatic heterocycles. The summed E-state index contributed by atoms with van der Waals surface area (Å²) in [6.07, 6.45) is 4.62. The Balaban J connectivity index is 1.69. The van der Waals surface area contributed by atoms with E-state index in [1.807, 2.05) is 33.0 Å². The van der Waals surface area contributed by atoms with Crippen molar-refractivity contribution < 1.29 is 9.53 Å². The molecule has 0 unspecified atom stereocenters. The highest BCUT2D eigenvalue weighted by molar-refractivity contribution is 5.72. The Labute approximate surface area is 124 Å². The standard InChI is InChI=1S/C17H20N2O2/c1-17(2,3)21-16(20)19-8-6-12(7-9-19)13-4-5-15-14(10-13)11-18-15/h4-6,10-11H,7-9H2,1-3H3. The van der Waals surface area contributed by atoms with Crippen LogP contribution in [-0.2, 0) is 4.74 Å². The van der Waals surface area contributed by atoms with E-state index in [9.17, 15) is 4.79 Å². The van der Waals surface area contributed by atoms with Gasteiger partial charge in [-0.05, 0) is 50.5 Å². The molecule has 2 heterocycles. The summed E-state index contributed by atoms with van der Waals surface area (Å²) in [6.45, 7) is 6.97. The minimum atomic E-state index is -0.442. The largest absolute Gasteiger partial charge is 0.444 e. The van der Waals surface area contributed by atoms with Crippen LogP contribution >= 0.6 is 0 Å². The van der Waals surface area contributed by atoms with Gasteiger partial charge in [-0.3, -0.25) is 4.99 Å². The maximum absolute atomic E-state index is 12.0. The molecule has 1 aromatic carbocycles. The molecule has 2 aliphatic rings. The number of hydrogen-bond donors (Lipinski definition) is 0. The molecule has 110 valence electrons. The first-order chi connectivity index (χ1) is 9.92. The molecule has 0 radical (unpaired) electrons. The van der Waals surface area contributed by atoms with Gasteiger partial charge < -0.3 is 9.64 Å². The molecule has 0 spiro atoms. The van der Waals surface area contributed by atoms with E-state index in [1.165, 1.54) is 16.4 Å². The molecule has 0 N–H and O–H groups in total. The Bertz CT molecular complexity index is 726. The van der Waals surface area contributed by atoms with E-state index in [0.29, 0.717) is 13.1 Å². The van der Waals surface area contributed by atoms with Crippen molar-refractivity contribution >= 4 is 17.9 Å². The van der Waals surface area contributed by atoms with Gasteiger partial charge in [-0.2, -0.15) is 0 Å². The summed E-state index contributed by atoms with van der Waals surface area (Å²) in [5.41, 5.74) is 2.07. The van der Waals surface area contributed by atoms with Gasteiger partial charge in [0, 0.05) is 24.5 Å². The van der Waals surface area contributed by atoms with Crippen molar-refractivity contribution in [3.63, 3.8) is 0 Å². The molecule has 0 atom stereocenters. The highest BCUT2D eigenvalue weighted by atomic mass is 16.6. The molecule has 1 aromatic rings. The predicted molar refractivity (Wildman–Crippen MR) is 82.1 cm³/mol. The number of ether oxygens (including phenoxy) is 1. The zero-order valence-corrected chi connectivity index (χ0v) is 12.7. The summed E-state index contributed by atoms with van der Waals surface area (Å²) in [6, 6.07) is 6.31. The lowest BCUT2D eigenvalue weighted by Gasteiger charge is -2.29. The van der Waals surface area contributed by atoms with Crippen molar-refractivity contribution in [2.24, 2.45) is 4.99 Å². The van der Waals surface area contributed by atoms with E-state index in [-0.39, 0.29) is 6.09 Å². The quantitative estimate of drug-likeness (QED) is 0.792. The third kappa shape index (κ3) is 2.99. The van der Waals surface area contributed by atoms with E-state index in [0.717, 1.165) is 11.8 Å². The molecular formula is C17H20N2O2. The number of nitrogens with zero attached hydrogens (tertiary/aromatic N) is 2. The minimum Gasteiger partial charge on any atom is -0.444 e. The molecule has 3 rings (SSSR count). The van der Waals surface area contributed by atoms with E-state index < -0.39 is 5.60 Å². The normalized spacial score (nSPS) is 16.9. The Morgan fingerprint density at radius 3 is 2.67 bits per heavy atom. The number of fused-ring (bicyclic) bond motifs is 1. The van der Waals surface area contributed by atoms with Crippen molar-refractivity contribution in [1.82, 2.24) is 4.90 Å². The summed E-state index contributed by atoms with van der Waals surface area (Å²) in [5, 5.41) is 2.26. The average molecular weight is 284 g/mol. The summed E-state index contributed by atoms with van der Waals surface area (Å²) in [4.78, 5) is 17.9. The fourth-order valence-corrected chi connectivity index (χ4v) is 2.47. The van der Waals surface area contributed by atoms with Gasteiger partial charge >= 0.3 is 6.09 Å². The van der Waals surface area contributed by atoms with Gasteiger partial charge in [-0.25, -0.2) is 4.79 Å². The number of carbonyl (C=O) groups is 1. The van der Waals surface area contributed by atoms with Crippen molar-refractivity contribution in [2.45, 2.75) is 32.8 Å². The van der Waals surface area contributed by atoms with Crippen LogP contribution in [0, 0.1) is 0 Å². The lowest BCUT2D eigenvalue weighted by molar-refractivity contribution is 0.0270. The van der Waals surface area contributed by atoms with E-state index >= 15 is 0 Å². The van der Waals surface area contributed by atoms with Crippen LogP contribution < -0.4 is 10.6 Å². The van der Waals surface area contributed by atoms with Gasteiger partial charge in [0.15, 0.2) is 0 Å². The topological polar surface area (TPSA) is 41.9 Å². The third-order valence-corrected chi connectivity index (χ3v) is 3.60. The van der Waals surface area contributed by atoms with Gasteiger partial charge in [0.2, 0.25) is 0 Å². The first kappa shape index (κ1) is 13.9. The number of hydrogen-bond acceptors (Lipinski definition) is 3. The maximum atomic E-state index is 12.0. The molecule has 21 heavy (non-hydrogen) atoms. The molecule has 0 aromatic heterocycles. The Morgan fingerprint density at radius 2 is 2.14 bits per heavy atom. The first-order valence-electron chi connectivity index (χ1n) is 7.28. The minimum absolute atomic E-state index is 0.234. The van der Waals surface area contributed by atoms with E-state index in [2.05, 4.69) is 23.2 Å². The highest BCUT2D eigenvalue weighted by Crippen LogP contribution is 2.22. The SMILES string of the molecule is CC(C)(C)OC(=O)N1CC=C(c2ccc3c(c2)=CN=3)CC1. The van der Waals surface area contributed by atoms with Crippen LogP contribution in [-0.4, -0.2) is 29.7 Å². The molecule has 0 saturated heterocycles. The van der Waals surface area contributed by atoms with Crippen LogP contribution in [0.3, 0.4) is 0 Å². The molecule has 4 heteroatoms. The van der Waals surface area contributed by atoms with Gasteiger partial charge in [0.25, 0.3) is 0 Å². The van der Waals surface area contributed by atoms with Crippen molar-refractivity contribution in [3.05, 3.63) is 40.4 Å². The van der Waals surface area contributed by atoms with Gasteiger partial charge in [-0.1, -0.05) is 12.1 Å². The van der Waals surface area contributed by atoms with Crippen LogP contribution in [0.2, 0.25) is 0 Å². The fraction of sp³-hybridized carbons (Fsp3) is 0.412. The predicted octanol–water partition coefficient (Wildman–Crippen LogP) is 2.08. The smallest absolute Gasteiger partial charge is 0.410 e. The zero-order chi connectivity index (χ0) is 15.0. The second kappa shape index (κ2) is 5.02. The van der Waals surface area contributed by atoms with Gasteiger partial charge in [0.1, 0.15) is 5.60 Å². The lowest BCUT2D eigenvalue weighted by Crippen LogP contribution is -2.39. The molecule has 4 nitrogen and oxygen atoms in total. The summed E-state index contributed by atoms with van der Waals surface area (Å²) < 4.78 is 5.40. The van der Waals surface area contributed by atoms with Crippen LogP contribution in [0.5, 0.6) is 0 Å². The van der Waals surface area contributed by atoms with Crippen LogP contribution in [0.4, 0.5) is 4.79 Å². The Kier molecular flexibility index (Phi) is 3.32. The van der Waals surface area contributed by atoms with Crippen molar-refractivity contribution in [2.75, 3.05) is 13.1 Å². The number of carbonyl (C=O) groups excluding carboxylic acids is 1. The molecule has 1 amide bonds. The highest BCUT2D eigenvalue weighted by Gasteiger charge is 2.23. The van der Waals surface area contributed by atoms with Crippen LogP contribution in [0.25, 0.3) is 11.8 Å². The lowest BCUT2D eigenvalue weighted by atomic mass is 9.98. The van der Waals surface area contributed by atoms with Crippen LogP contribution in [0.15, 0.2) is 29.3 Å². The molecule has 0 aliphatic carbocycles. The number of benzene rings is 1. The Hall–Kier alpha value is -2.10. The van der Waals surface area contributed by atoms with E-state index in [1.54, 1.807) is 4.90 Å². The summed E-state index contributed by atoms with van der Waals surface area (Å²) in [7, 11) is 0. The molecular weight excluding hydrogens is 264 g/mol. The summed E-state index contributed by atoms with van der Waals surface area (Å²) in [5.74, 6) is 0. The number of rotatable bonds is 1. The summed E-state index contributed by atoms with van der Waals surface area (Å²) >= 11 is 0. The second-order valence-corrected chi connectivity index (χ2v) is 6.44. The van der Waals surface area contributed by atoms with Crippen molar-refractivity contribution in [3.8, 4) is 0 Å². The maximum Gasteiger partial charge on any atom is 0.410 e. The van der Waals surface area contributed by atoms with Crippen LogP contribution in [0.1, 0.15) is 32.8 Å². The monoisotopic (exact) mass is 284 g/mol. The fourth-order valence-electron chi connectivity index (χ4n) is 2.47. The first-order valence-corrected chi connectivity index (χ1v) is 7.28. The molecule has 0 bridgehead atoms. The molecule has 0 saturated carbocycles. The van der Waals surface area contributed by atoms with Crippen molar-refractivity contribution in [1.29, 1.82) is 0 Å². The van der Waals surface area contributed by atoms with Gasteiger partial charge in [0.05, 0.1) is 5.36 Å². The molecule has 0 fully saturated rings. The number of amides is 1. The third-order valence-electron chi connectivity index (χ3n) is 3.60.